The Morgan fingerprint density at radius 2 is 1.97 bits per heavy atom. The van der Waals surface area contributed by atoms with Crippen LogP contribution in [0.5, 0.6) is 5.75 Å². The van der Waals surface area contributed by atoms with E-state index in [9.17, 15) is 5.11 Å². The number of nitrogens with one attached hydrogen (secondary N) is 1. The van der Waals surface area contributed by atoms with Crippen LogP contribution in [0.25, 0.3) is 0 Å². The van der Waals surface area contributed by atoms with Gasteiger partial charge in [0, 0.05) is 57.6 Å². The van der Waals surface area contributed by atoms with Crippen molar-refractivity contribution in [2.45, 2.75) is 25.5 Å². The molecule has 4 rings (SSSR count). The van der Waals surface area contributed by atoms with E-state index >= 15 is 0 Å². The number of hydrogen-bond acceptors (Lipinski definition) is 8. The molecule has 0 aliphatic carbocycles. The number of anilines is 1. The van der Waals surface area contributed by atoms with Crippen LogP contribution < -0.4 is 15.0 Å². The first-order valence-electron chi connectivity index (χ1n) is 11.1. The van der Waals surface area contributed by atoms with Crippen LogP contribution in [0.2, 0.25) is 0 Å². The Kier molecular flexibility index (Phi) is 7.34. The van der Waals surface area contributed by atoms with E-state index in [4.69, 9.17) is 9.47 Å². The molecule has 1 aromatic heterocycles. The molecule has 2 N–H and O–H groups in total. The van der Waals surface area contributed by atoms with Crippen molar-refractivity contribution in [2.24, 2.45) is 0 Å². The van der Waals surface area contributed by atoms with Crippen LogP contribution in [-0.4, -0.2) is 84.7 Å². The SMILES string of the molecule is Cc1cc(N2CCC(O)(CNCc3ccc(OCCN4CCOCC4)cc3)C2)ncn1. The summed E-state index contributed by atoms with van der Waals surface area (Å²) >= 11 is 0. The third-order valence-electron chi connectivity index (χ3n) is 5.93. The maximum atomic E-state index is 10.9. The molecule has 1 aromatic carbocycles. The number of benzene rings is 1. The summed E-state index contributed by atoms with van der Waals surface area (Å²) in [6.07, 6.45) is 2.30. The van der Waals surface area contributed by atoms with Crippen molar-refractivity contribution in [1.29, 1.82) is 0 Å². The molecule has 0 bridgehead atoms. The van der Waals surface area contributed by atoms with Crippen LogP contribution in [0, 0.1) is 6.92 Å². The van der Waals surface area contributed by atoms with Crippen molar-refractivity contribution in [3.05, 3.63) is 47.9 Å². The van der Waals surface area contributed by atoms with Gasteiger partial charge in [-0.25, -0.2) is 9.97 Å². The summed E-state index contributed by atoms with van der Waals surface area (Å²) in [5.74, 6) is 1.77. The van der Waals surface area contributed by atoms with E-state index in [0.717, 1.165) is 63.1 Å². The van der Waals surface area contributed by atoms with Crippen molar-refractivity contribution in [3.8, 4) is 5.75 Å². The number of ether oxygens (including phenoxy) is 2. The van der Waals surface area contributed by atoms with Gasteiger partial charge in [-0.15, -0.1) is 0 Å². The summed E-state index contributed by atoms with van der Waals surface area (Å²) in [6, 6.07) is 10.1. The van der Waals surface area contributed by atoms with Gasteiger partial charge in [-0.05, 0) is 31.0 Å². The second-order valence-electron chi connectivity index (χ2n) is 8.46. The van der Waals surface area contributed by atoms with Gasteiger partial charge >= 0.3 is 0 Å². The zero-order valence-electron chi connectivity index (χ0n) is 18.3. The Balaban J connectivity index is 1.17. The zero-order chi connectivity index (χ0) is 21.5. The molecule has 1 atom stereocenters. The predicted octanol–water partition coefficient (Wildman–Crippen LogP) is 1.23. The molecule has 2 aromatic rings. The lowest BCUT2D eigenvalue weighted by Gasteiger charge is -2.26. The largest absolute Gasteiger partial charge is 0.492 e. The molecule has 0 spiro atoms. The Bertz CT molecular complexity index is 828. The van der Waals surface area contributed by atoms with Gasteiger partial charge in [0.05, 0.1) is 18.8 Å². The second kappa shape index (κ2) is 10.4. The fourth-order valence-electron chi connectivity index (χ4n) is 4.07. The number of β-amino-alcohol motifs (C(OH)–C–C–N with tert-alkyl or cyclic N) is 1. The first kappa shape index (κ1) is 22.0. The smallest absolute Gasteiger partial charge is 0.132 e. The number of nitrogens with zero attached hydrogens (tertiary/aromatic N) is 4. The molecule has 2 aliphatic heterocycles. The molecule has 2 fully saturated rings. The number of morpholine rings is 1. The normalized spacial score (nSPS) is 22.1. The minimum atomic E-state index is -0.749. The monoisotopic (exact) mass is 427 g/mol. The molecule has 8 nitrogen and oxygen atoms in total. The van der Waals surface area contributed by atoms with E-state index in [1.807, 2.05) is 25.1 Å². The summed E-state index contributed by atoms with van der Waals surface area (Å²) in [5.41, 5.74) is 1.36. The van der Waals surface area contributed by atoms with Crippen LogP contribution >= 0.6 is 0 Å². The highest BCUT2D eigenvalue weighted by atomic mass is 16.5. The maximum absolute atomic E-state index is 10.9. The highest BCUT2D eigenvalue weighted by molar-refractivity contribution is 5.41. The van der Waals surface area contributed by atoms with E-state index < -0.39 is 5.60 Å². The number of rotatable bonds is 9. The summed E-state index contributed by atoms with van der Waals surface area (Å²) in [4.78, 5) is 13.0. The Morgan fingerprint density at radius 3 is 2.74 bits per heavy atom. The lowest BCUT2D eigenvalue weighted by Crippen LogP contribution is -2.43. The first-order valence-corrected chi connectivity index (χ1v) is 11.1. The molecular formula is C23H33N5O3. The Labute approximate surface area is 184 Å². The molecule has 2 aliphatic rings. The van der Waals surface area contributed by atoms with E-state index in [2.05, 4.69) is 37.2 Å². The van der Waals surface area contributed by atoms with Crippen LogP contribution in [-0.2, 0) is 11.3 Å². The molecular weight excluding hydrogens is 394 g/mol. The molecule has 168 valence electrons. The third-order valence-corrected chi connectivity index (χ3v) is 5.93. The van der Waals surface area contributed by atoms with Gasteiger partial charge < -0.3 is 24.8 Å². The standard InChI is InChI=1S/C23H33N5O3/c1-19-14-22(26-18-25-19)28-7-6-23(29,17-28)16-24-15-20-2-4-21(5-3-20)31-13-10-27-8-11-30-12-9-27/h2-5,14,18,24,29H,6-13,15-17H2,1H3. The Hall–Kier alpha value is -2.26. The van der Waals surface area contributed by atoms with Crippen LogP contribution in [0.4, 0.5) is 5.82 Å². The molecule has 2 saturated heterocycles. The molecule has 8 heteroatoms. The van der Waals surface area contributed by atoms with Crippen LogP contribution in [0.3, 0.4) is 0 Å². The quantitative estimate of drug-likeness (QED) is 0.618. The van der Waals surface area contributed by atoms with E-state index in [1.165, 1.54) is 5.56 Å². The average molecular weight is 428 g/mol. The van der Waals surface area contributed by atoms with E-state index in [-0.39, 0.29) is 0 Å². The van der Waals surface area contributed by atoms with E-state index in [0.29, 0.717) is 26.2 Å². The van der Waals surface area contributed by atoms with Crippen LogP contribution in [0.15, 0.2) is 36.7 Å². The molecule has 1 unspecified atom stereocenters. The number of aromatic nitrogens is 2. The maximum Gasteiger partial charge on any atom is 0.132 e. The van der Waals surface area contributed by atoms with Gasteiger partial charge in [-0.2, -0.15) is 0 Å². The third kappa shape index (κ3) is 6.36. The highest BCUT2D eigenvalue weighted by Crippen LogP contribution is 2.25. The van der Waals surface area contributed by atoms with Crippen molar-refractivity contribution >= 4 is 5.82 Å². The predicted molar refractivity (Wildman–Crippen MR) is 119 cm³/mol. The summed E-state index contributed by atoms with van der Waals surface area (Å²) in [7, 11) is 0. The molecule has 0 radical (unpaired) electrons. The van der Waals surface area contributed by atoms with Crippen molar-refractivity contribution in [3.63, 3.8) is 0 Å². The highest BCUT2D eigenvalue weighted by Gasteiger charge is 2.36. The van der Waals surface area contributed by atoms with Crippen molar-refractivity contribution in [2.75, 3.05) is 64.0 Å². The van der Waals surface area contributed by atoms with Crippen molar-refractivity contribution < 1.29 is 14.6 Å². The molecule has 0 saturated carbocycles. The number of aliphatic hydroxyl groups is 1. The Morgan fingerprint density at radius 1 is 1.16 bits per heavy atom. The lowest BCUT2D eigenvalue weighted by atomic mass is 10.0. The zero-order valence-corrected chi connectivity index (χ0v) is 18.3. The molecule has 31 heavy (non-hydrogen) atoms. The van der Waals surface area contributed by atoms with Gasteiger partial charge in [0.1, 0.15) is 24.5 Å². The summed E-state index contributed by atoms with van der Waals surface area (Å²) in [5, 5.41) is 14.3. The van der Waals surface area contributed by atoms with E-state index in [1.54, 1.807) is 6.33 Å². The lowest BCUT2D eigenvalue weighted by molar-refractivity contribution is 0.0322. The van der Waals surface area contributed by atoms with Gasteiger partial charge in [-0.1, -0.05) is 12.1 Å². The van der Waals surface area contributed by atoms with Gasteiger partial charge in [0.15, 0.2) is 0 Å². The minimum Gasteiger partial charge on any atom is -0.492 e. The number of aryl methyl sites for hydroxylation is 1. The first-order chi connectivity index (χ1) is 15.1. The van der Waals surface area contributed by atoms with Gasteiger partial charge in [-0.3, -0.25) is 4.90 Å². The van der Waals surface area contributed by atoms with Crippen LogP contribution in [0.1, 0.15) is 17.7 Å². The average Bonchev–Trinajstić information content (AvgIpc) is 3.18. The number of hydrogen-bond donors (Lipinski definition) is 2. The minimum absolute atomic E-state index is 0.547. The topological polar surface area (TPSA) is 83.0 Å². The van der Waals surface area contributed by atoms with Gasteiger partial charge in [0.2, 0.25) is 0 Å². The summed E-state index contributed by atoms with van der Waals surface area (Å²) < 4.78 is 11.2. The fourth-order valence-corrected chi connectivity index (χ4v) is 4.07. The van der Waals surface area contributed by atoms with Crippen molar-refractivity contribution in [1.82, 2.24) is 20.2 Å². The molecule has 3 heterocycles. The molecule has 0 amide bonds. The second-order valence-corrected chi connectivity index (χ2v) is 8.46. The summed E-state index contributed by atoms with van der Waals surface area (Å²) in [6.45, 7) is 9.79. The fraction of sp³-hybridized carbons (Fsp3) is 0.565. The van der Waals surface area contributed by atoms with Gasteiger partial charge in [0.25, 0.3) is 0 Å².